The van der Waals surface area contributed by atoms with Crippen LogP contribution in [0.4, 0.5) is 0 Å². The minimum Gasteiger partial charge on any atom is -0.486 e. The zero-order valence-corrected chi connectivity index (χ0v) is 17.4. The molecule has 0 saturated carbocycles. The van der Waals surface area contributed by atoms with Crippen molar-refractivity contribution in [3.8, 4) is 22.9 Å². The van der Waals surface area contributed by atoms with Gasteiger partial charge >= 0.3 is 0 Å². The average molecular weight is 407 g/mol. The Morgan fingerprint density at radius 3 is 2.57 bits per heavy atom. The molecule has 0 saturated heterocycles. The first-order chi connectivity index (χ1) is 14.5. The van der Waals surface area contributed by atoms with E-state index >= 15 is 0 Å². The largest absolute Gasteiger partial charge is 0.486 e. The van der Waals surface area contributed by atoms with E-state index in [2.05, 4.69) is 41.4 Å². The normalized spacial score (nSPS) is 12.8. The Bertz CT molecular complexity index is 1030. The molecule has 0 bridgehead atoms. The first-order valence-electron chi connectivity index (χ1n) is 10.0. The summed E-state index contributed by atoms with van der Waals surface area (Å²) in [7, 11) is 1.75. The number of amides is 1. The van der Waals surface area contributed by atoms with Crippen molar-refractivity contribution >= 4 is 5.91 Å². The second-order valence-electron chi connectivity index (χ2n) is 7.65. The topological polar surface area (TPSA) is 82.4 Å². The van der Waals surface area contributed by atoms with Gasteiger partial charge in [-0.1, -0.05) is 44.2 Å². The number of rotatable bonds is 6. The Hall–Kier alpha value is -3.42. The molecule has 156 valence electrons. The number of carbonyl (C=O) groups is 1. The van der Waals surface area contributed by atoms with Crippen LogP contribution in [0.3, 0.4) is 0 Å². The molecule has 0 spiro atoms. The second kappa shape index (κ2) is 8.52. The standard InChI is InChI=1S/C22H25N5O3/c1-15(2)17-5-7-18(8-6-17)22-23-25-27(24-22)14-21(28)26(3)13-16-4-9-19-20(12-16)30-11-10-29-19/h4-9,12,15H,10-11,13-14H2,1-3H3. The van der Waals surface area contributed by atoms with E-state index < -0.39 is 0 Å². The number of carbonyl (C=O) groups excluding carboxylic acids is 1. The van der Waals surface area contributed by atoms with Crippen molar-refractivity contribution in [2.45, 2.75) is 32.9 Å². The van der Waals surface area contributed by atoms with E-state index in [4.69, 9.17) is 9.47 Å². The van der Waals surface area contributed by atoms with E-state index in [0.29, 0.717) is 37.3 Å². The summed E-state index contributed by atoms with van der Waals surface area (Å²) >= 11 is 0. The molecule has 0 atom stereocenters. The molecule has 4 rings (SSSR count). The highest BCUT2D eigenvalue weighted by Gasteiger charge is 2.16. The first kappa shape index (κ1) is 19.9. The molecule has 2 aromatic carbocycles. The molecule has 8 heteroatoms. The maximum atomic E-state index is 12.6. The van der Waals surface area contributed by atoms with Gasteiger partial charge in [-0.15, -0.1) is 10.2 Å². The summed E-state index contributed by atoms with van der Waals surface area (Å²) in [4.78, 5) is 15.6. The van der Waals surface area contributed by atoms with E-state index in [9.17, 15) is 4.79 Å². The van der Waals surface area contributed by atoms with E-state index in [1.54, 1.807) is 11.9 Å². The van der Waals surface area contributed by atoms with Gasteiger partial charge in [0, 0.05) is 19.2 Å². The summed E-state index contributed by atoms with van der Waals surface area (Å²) in [6.45, 7) is 5.87. The summed E-state index contributed by atoms with van der Waals surface area (Å²) < 4.78 is 11.1. The van der Waals surface area contributed by atoms with Crippen LogP contribution in [-0.2, 0) is 17.9 Å². The second-order valence-corrected chi connectivity index (χ2v) is 7.65. The fourth-order valence-corrected chi connectivity index (χ4v) is 3.23. The first-order valence-corrected chi connectivity index (χ1v) is 10.0. The Morgan fingerprint density at radius 2 is 1.83 bits per heavy atom. The highest BCUT2D eigenvalue weighted by molar-refractivity contribution is 5.75. The van der Waals surface area contributed by atoms with Gasteiger partial charge in [0.2, 0.25) is 11.7 Å². The molecule has 3 aromatic rings. The van der Waals surface area contributed by atoms with Crippen LogP contribution in [0.1, 0.15) is 30.9 Å². The third kappa shape index (κ3) is 4.42. The zero-order chi connectivity index (χ0) is 21.1. The van der Waals surface area contributed by atoms with Crippen LogP contribution in [0.25, 0.3) is 11.4 Å². The zero-order valence-electron chi connectivity index (χ0n) is 17.4. The summed E-state index contributed by atoms with van der Waals surface area (Å²) in [5.74, 6) is 2.31. The van der Waals surface area contributed by atoms with Gasteiger partial charge in [0.15, 0.2) is 11.5 Å². The average Bonchev–Trinajstić information content (AvgIpc) is 3.22. The van der Waals surface area contributed by atoms with E-state index in [0.717, 1.165) is 16.9 Å². The van der Waals surface area contributed by atoms with Crippen molar-refractivity contribution in [2.75, 3.05) is 20.3 Å². The summed E-state index contributed by atoms with van der Waals surface area (Å²) in [5, 5.41) is 12.5. The molecule has 0 unspecified atom stereocenters. The van der Waals surface area contributed by atoms with Crippen molar-refractivity contribution < 1.29 is 14.3 Å². The molecular formula is C22H25N5O3. The van der Waals surface area contributed by atoms with Gasteiger partial charge in [-0.3, -0.25) is 4.79 Å². The number of likely N-dealkylation sites (N-methyl/N-ethyl adjacent to an activating group) is 1. The van der Waals surface area contributed by atoms with Crippen LogP contribution in [0.5, 0.6) is 11.5 Å². The number of fused-ring (bicyclic) bond motifs is 1. The molecular weight excluding hydrogens is 382 g/mol. The maximum Gasteiger partial charge on any atom is 0.246 e. The Morgan fingerprint density at radius 1 is 1.10 bits per heavy atom. The molecule has 2 heterocycles. The number of ether oxygens (including phenoxy) is 2. The summed E-state index contributed by atoms with van der Waals surface area (Å²) in [5.41, 5.74) is 3.09. The number of hydrogen-bond donors (Lipinski definition) is 0. The third-order valence-corrected chi connectivity index (χ3v) is 5.02. The molecule has 30 heavy (non-hydrogen) atoms. The van der Waals surface area contributed by atoms with Crippen molar-refractivity contribution in [3.63, 3.8) is 0 Å². The van der Waals surface area contributed by atoms with Crippen molar-refractivity contribution in [1.29, 1.82) is 0 Å². The number of aromatic nitrogens is 4. The summed E-state index contributed by atoms with van der Waals surface area (Å²) in [6.07, 6.45) is 0. The number of tetrazole rings is 1. The monoisotopic (exact) mass is 407 g/mol. The van der Waals surface area contributed by atoms with E-state index in [1.165, 1.54) is 10.4 Å². The SMILES string of the molecule is CC(C)c1ccc(-c2nnn(CC(=O)N(C)Cc3ccc4c(c3)OCCO4)n2)cc1. The molecule has 1 amide bonds. The van der Waals surface area contributed by atoms with Gasteiger partial charge in [-0.2, -0.15) is 4.80 Å². The van der Waals surface area contributed by atoms with Crippen molar-refractivity contribution in [3.05, 3.63) is 53.6 Å². The molecule has 0 N–H and O–H groups in total. The van der Waals surface area contributed by atoms with Gasteiger partial charge in [-0.25, -0.2) is 0 Å². The highest BCUT2D eigenvalue weighted by atomic mass is 16.6. The molecule has 0 fully saturated rings. The lowest BCUT2D eigenvalue weighted by molar-refractivity contribution is -0.131. The maximum absolute atomic E-state index is 12.6. The van der Waals surface area contributed by atoms with Gasteiger partial charge in [-0.05, 0) is 34.4 Å². The lowest BCUT2D eigenvalue weighted by Crippen LogP contribution is -2.30. The molecule has 8 nitrogen and oxygen atoms in total. The predicted molar refractivity (Wildman–Crippen MR) is 111 cm³/mol. The number of benzene rings is 2. The molecule has 0 aliphatic carbocycles. The van der Waals surface area contributed by atoms with E-state index in [1.807, 2.05) is 30.3 Å². The minimum atomic E-state index is -0.107. The Balaban J connectivity index is 1.38. The molecule has 1 aliphatic rings. The van der Waals surface area contributed by atoms with Crippen LogP contribution in [0.15, 0.2) is 42.5 Å². The van der Waals surface area contributed by atoms with Crippen LogP contribution in [0.2, 0.25) is 0 Å². The van der Waals surface area contributed by atoms with Crippen LogP contribution >= 0.6 is 0 Å². The van der Waals surface area contributed by atoms with Crippen LogP contribution < -0.4 is 9.47 Å². The van der Waals surface area contributed by atoms with Crippen LogP contribution in [-0.4, -0.2) is 51.3 Å². The fraction of sp³-hybridized carbons (Fsp3) is 0.364. The Kier molecular flexibility index (Phi) is 5.65. The van der Waals surface area contributed by atoms with Crippen LogP contribution in [0, 0.1) is 0 Å². The quantitative estimate of drug-likeness (QED) is 0.625. The van der Waals surface area contributed by atoms with Gasteiger partial charge < -0.3 is 14.4 Å². The number of hydrogen-bond acceptors (Lipinski definition) is 6. The molecule has 1 aromatic heterocycles. The van der Waals surface area contributed by atoms with Gasteiger partial charge in [0.05, 0.1) is 0 Å². The van der Waals surface area contributed by atoms with Crippen molar-refractivity contribution in [1.82, 2.24) is 25.1 Å². The third-order valence-electron chi connectivity index (χ3n) is 5.02. The Labute approximate surface area is 175 Å². The van der Waals surface area contributed by atoms with E-state index in [-0.39, 0.29) is 12.5 Å². The lowest BCUT2D eigenvalue weighted by atomic mass is 10.0. The fourth-order valence-electron chi connectivity index (χ4n) is 3.23. The lowest BCUT2D eigenvalue weighted by Gasteiger charge is -2.21. The van der Waals surface area contributed by atoms with Gasteiger partial charge in [0.1, 0.15) is 19.8 Å². The minimum absolute atomic E-state index is 0.0259. The molecule has 0 radical (unpaired) electrons. The van der Waals surface area contributed by atoms with Gasteiger partial charge in [0.25, 0.3) is 0 Å². The smallest absolute Gasteiger partial charge is 0.246 e. The summed E-state index contributed by atoms with van der Waals surface area (Å²) in [6, 6.07) is 13.8. The molecule has 1 aliphatic heterocycles. The number of nitrogens with zero attached hydrogens (tertiary/aromatic N) is 5. The van der Waals surface area contributed by atoms with Crippen molar-refractivity contribution in [2.24, 2.45) is 0 Å². The predicted octanol–water partition coefficient (Wildman–Crippen LogP) is 2.89. The highest BCUT2D eigenvalue weighted by Crippen LogP contribution is 2.31.